The minimum absolute atomic E-state index is 0.0670. The third kappa shape index (κ3) is 4.05. The molecule has 1 aliphatic heterocycles. The van der Waals surface area contributed by atoms with Crippen molar-refractivity contribution < 1.29 is 32.6 Å². The molecule has 0 radical (unpaired) electrons. The number of fused-ring (bicyclic) bond motifs is 2. The Morgan fingerprint density at radius 1 is 1.16 bits per heavy atom. The van der Waals surface area contributed by atoms with E-state index < -0.39 is 57.4 Å². The molecule has 1 aromatic carbocycles. The molecule has 13 heteroatoms. The molecule has 2 aliphatic rings. The lowest BCUT2D eigenvalue weighted by atomic mass is 9.99. The zero-order valence-electron chi connectivity index (χ0n) is 19.3. The highest BCUT2D eigenvalue weighted by atomic mass is 35.5. The molecule has 0 amide bonds. The van der Waals surface area contributed by atoms with Gasteiger partial charge in [0.2, 0.25) is 5.43 Å². The molecule has 2 aromatic heterocycles. The summed E-state index contributed by atoms with van der Waals surface area (Å²) in [5.74, 6) is -6.58. The summed E-state index contributed by atoms with van der Waals surface area (Å²) < 4.78 is 50.4. The smallest absolute Gasteiger partial charge is 0.341 e. The summed E-state index contributed by atoms with van der Waals surface area (Å²) >= 11 is 6.66. The molecule has 0 spiro atoms. The lowest BCUT2D eigenvalue weighted by Gasteiger charge is -2.25. The molecule has 3 heterocycles. The van der Waals surface area contributed by atoms with Gasteiger partial charge in [-0.1, -0.05) is 11.6 Å². The Balaban J connectivity index is 1.72. The van der Waals surface area contributed by atoms with Crippen molar-refractivity contribution in [3.63, 3.8) is 0 Å². The van der Waals surface area contributed by atoms with Crippen molar-refractivity contribution in [2.75, 3.05) is 23.7 Å². The van der Waals surface area contributed by atoms with Gasteiger partial charge in [0.05, 0.1) is 21.6 Å². The summed E-state index contributed by atoms with van der Waals surface area (Å²) in [6.07, 6.45) is 1.90. The molecule has 3 atom stereocenters. The number of ether oxygens (including phenoxy) is 1. The van der Waals surface area contributed by atoms with Gasteiger partial charge in [0, 0.05) is 38.2 Å². The third-order valence-electron chi connectivity index (χ3n) is 6.98. The van der Waals surface area contributed by atoms with Crippen LogP contribution in [0, 0.1) is 29.3 Å². The van der Waals surface area contributed by atoms with Crippen molar-refractivity contribution in [1.82, 2.24) is 9.55 Å². The lowest BCUT2D eigenvalue weighted by Crippen LogP contribution is -2.28. The van der Waals surface area contributed by atoms with E-state index in [9.17, 15) is 28.3 Å². The van der Waals surface area contributed by atoms with Gasteiger partial charge in [0.15, 0.2) is 23.3 Å². The second-order valence-electron chi connectivity index (χ2n) is 9.18. The van der Waals surface area contributed by atoms with Gasteiger partial charge < -0.3 is 20.5 Å². The van der Waals surface area contributed by atoms with Crippen LogP contribution in [0.5, 0.6) is 0 Å². The van der Waals surface area contributed by atoms with E-state index in [1.807, 2.05) is 0 Å². The number of anilines is 2. The Labute approximate surface area is 212 Å². The number of carboxylic acids is 1. The van der Waals surface area contributed by atoms with Crippen LogP contribution in [0.4, 0.5) is 24.7 Å². The Morgan fingerprint density at radius 2 is 1.89 bits per heavy atom. The fourth-order valence-electron chi connectivity index (χ4n) is 5.41. The van der Waals surface area contributed by atoms with E-state index in [-0.39, 0.29) is 34.2 Å². The van der Waals surface area contributed by atoms with Crippen LogP contribution in [0.1, 0.15) is 30.1 Å². The second-order valence-corrected chi connectivity index (χ2v) is 9.56. The highest BCUT2D eigenvalue weighted by Gasteiger charge is 2.45. The number of rotatable bonds is 4. The molecule has 3 aromatic rings. The molecule has 37 heavy (non-hydrogen) atoms. The maximum absolute atomic E-state index is 15.5. The first-order valence-corrected chi connectivity index (χ1v) is 11.7. The van der Waals surface area contributed by atoms with Crippen molar-refractivity contribution in [2.24, 2.45) is 11.8 Å². The molecular weight excluding hydrogens is 517 g/mol. The van der Waals surface area contributed by atoms with Crippen LogP contribution >= 0.6 is 11.6 Å². The van der Waals surface area contributed by atoms with Crippen molar-refractivity contribution in [3.05, 3.63) is 56.6 Å². The highest BCUT2D eigenvalue weighted by Crippen LogP contribution is 2.45. The fourth-order valence-corrected chi connectivity index (χ4v) is 5.81. The topological polar surface area (TPSA) is 128 Å². The molecule has 5 rings (SSSR count). The van der Waals surface area contributed by atoms with Crippen molar-refractivity contribution in [2.45, 2.75) is 25.9 Å². The molecule has 0 bridgehead atoms. The SMILES string of the molecule is CC(=O)O[C@H]1CCC2CN(c3c(F)cc4c(=O)c(C(=O)O)cn(-c5nc(N)c(F)cc5F)c4c3Cl)CC21. The Kier molecular flexibility index (Phi) is 6.01. The van der Waals surface area contributed by atoms with Gasteiger partial charge in [-0.05, 0) is 24.8 Å². The summed E-state index contributed by atoms with van der Waals surface area (Å²) in [6.45, 7) is 2.01. The van der Waals surface area contributed by atoms with Gasteiger partial charge in [0.25, 0.3) is 0 Å². The largest absolute Gasteiger partial charge is 0.477 e. The van der Waals surface area contributed by atoms with Crippen LogP contribution in [0.2, 0.25) is 5.02 Å². The summed E-state index contributed by atoms with van der Waals surface area (Å²) in [7, 11) is 0. The summed E-state index contributed by atoms with van der Waals surface area (Å²) in [5.41, 5.74) is 3.35. The van der Waals surface area contributed by atoms with Crippen LogP contribution in [-0.2, 0) is 9.53 Å². The minimum atomic E-state index is -1.65. The van der Waals surface area contributed by atoms with Crippen LogP contribution in [0.3, 0.4) is 0 Å². The van der Waals surface area contributed by atoms with Gasteiger partial charge in [0.1, 0.15) is 17.5 Å². The maximum Gasteiger partial charge on any atom is 0.341 e. The van der Waals surface area contributed by atoms with Gasteiger partial charge >= 0.3 is 11.9 Å². The van der Waals surface area contributed by atoms with Gasteiger partial charge in [-0.15, -0.1) is 0 Å². The Bertz CT molecular complexity index is 1550. The second kappa shape index (κ2) is 8.94. The number of esters is 1. The summed E-state index contributed by atoms with van der Waals surface area (Å²) in [6, 6.07) is 1.29. The van der Waals surface area contributed by atoms with E-state index in [4.69, 9.17) is 22.1 Å². The molecule has 194 valence electrons. The first-order chi connectivity index (χ1) is 17.5. The standard InChI is InChI=1S/C24H20ClF3N4O5/c1-9(33)37-17-3-2-10-6-31(7-12(10)17)20-14(26)4-11-19(18(20)25)32(8-13(21(11)34)24(35)36)23-16(28)5-15(27)22(29)30-23/h4-5,8,10,12,17H,2-3,6-7H2,1H3,(H2,29,30)(H,35,36)/t10?,12?,17-/m0/s1. The molecular formula is C24H20ClF3N4O5. The van der Waals surface area contributed by atoms with E-state index in [2.05, 4.69) is 4.98 Å². The van der Waals surface area contributed by atoms with E-state index in [0.29, 0.717) is 25.6 Å². The number of benzene rings is 1. The zero-order chi connectivity index (χ0) is 26.8. The predicted octanol–water partition coefficient (Wildman–Crippen LogP) is 3.51. The first kappa shape index (κ1) is 24.9. The van der Waals surface area contributed by atoms with E-state index in [1.165, 1.54) is 6.92 Å². The molecule has 2 unspecified atom stereocenters. The zero-order valence-corrected chi connectivity index (χ0v) is 20.1. The Hall–Kier alpha value is -3.80. The molecule has 2 fully saturated rings. The highest BCUT2D eigenvalue weighted by molar-refractivity contribution is 6.38. The average Bonchev–Trinajstić information content (AvgIpc) is 3.38. The Morgan fingerprint density at radius 3 is 2.57 bits per heavy atom. The number of halogens is 4. The monoisotopic (exact) mass is 536 g/mol. The van der Waals surface area contributed by atoms with Crippen molar-refractivity contribution >= 4 is 45.9 Å². The number of carbonyl (C=O) groups is 2. The first-order valence-electron chi connectivity index (χ1n) is 11.3. The molecule has 1 aliphatic carbocycles. The van der Waals surface area contributed by atoms with E-state index in [0.717, 1.165) is 23.3 Å². The van der Waals surface area contributed by atoms with Crippen LogP contribution in [0.25, 0.3) is 16.7 Å². The van der Waals surface area contributed by atoms with Gasteiger partial charge in [-0.3, -0.25) is 14.2 Å². The number of carboxylic acid groups (broad SMARTS) is 1. The number of aromatic carboxylic acids is 1. The van der Waals surface area contributed by atoms with Gasteiger partial charge in [-0.25, -0.2) is 22.9 Å². The van der Waals surface area contributed by atoms with Crippen LogP contribution < -0.4 is 16.1 Å². The fraction of sp³-hybridized carbons (Fsp3) is 0.333. The quantitative estimate of drug-likeness (QED) is 0.485. The molecule has 9 nitrogen and oxygen atoms in total. The van der Waals surface area contributed by atoms with Crippen LogP contribution in [0.15, 0.2) is 23.1 Å². The third-order valence-corrected chi connectivity index (χ3v) is 7.34. The normalized spacial score (nSPS) is 20.9. The number of hydrogen-bond acceptors (Lipinski definition) is 7. The van der Waals surface area contributed by atoms with Crippen molar-refractivity contribution in [3.8, 4) is 5.82 Å². The lowest BCUT2D eigenvalue weighted by molar-refractivity contribution is -0.147. The molecule has 1 saturated carbocycles. The summed E-state index contributed by atoms with van der Waals surface area (Å²) in [4.78, 5) is 41.5. The number of carbonyl (C=O) groups excluding carboxylic acids is 1. The van der Waals surface area contributed by atoms with Gasteiger partial charge in [-0.2, -0.15) is 0 Å². The average molecular weight is 537 g/mol. The minimum Gasteiger partial charge on any atom is -0.477 e. The molecule has 1 saturated heterocycles. The van der Waals surface area contributed by atoms with Crippen molar-refractivity contribution in [1.29, 1.82) is 0 Å². The number of nitrogens with zero attached hydrogens (tertiary/aromatic N) is 3. The number of nitrogen functional groups attached to an aromatic ring is 1. The predicted molar refractivity (Wildman–Crippen MR) is 128 cm³/mol. The number of nitrogens with two attached hydrogens (primary N) is 1. The van der Waals surface area contributed by atoms with Crippen LogP contribution in [-0.4, -0.2) is 45.8 Å². The molecule has 3 N–H and O–H groups in total. The maximum atomic E-state index is 15.5. The van der Waals surface area contributed by atoms with E-state index in [1.54, 1.807) is 4.90 Å². The number of pyridine rings is 2. The summed E-state index contributed by atoms with van der Waals surface area (Å²) in [5, 5.41) is 8.79. The van der Waals surface area contributed by atoms with E-state index >= 15 is 4.39 Å². The number of hydrogen-bond donors (Lipinski definition) is 2. The number of aromatic nitrogens is 2.